The first kappa shape index (κ1) is 15.7. The zero-order valence-corrected chi connectivity index (χ0v) is 13.2. The number of hydrogen-bond acceptors (Lipinski definition) is 2. The molecule has 0 aliphatic carbocycles. The van der Waals surface area contributed by atoms with Crippen molar-refractivity contribution < 1.29 is 8.42 Å². The third-order valence-corrected chi connectivity index (χ3v) is 3.97. The molecular weight excluding hydrogens is 294 g/mol. The second-order valence-electron chi connectivity index (χ2n) is 4.63. The largest absolute Gasteiger partial charge is 0.238 e. The van der Waals surface area contributed by atoms with Crippen LogP contribution in [0.3, 0.4) is 0 Å². The van der Waals surface area contributed by atoms with Crippen molar-refractivity contribution in [3.8, 4) is 23.8 Å². The average Bonchev–Trinajstić information content (AvgIpc) is 2.51. The van der Waals surface area contributed by atoms with E-state index in [4.69, 9.17) is 0 Å². The SMILES string of the molecule is CN(C#Cc1ccccc1C#Cc1ccccc1)S(C)(=O)=O. The summed E-state index contributed by atoms with van der Waals surface area (Å²) < 4.78 is 23.7. The Bertz CT molecular complexity index is 879. The molecule has 0 atom stereocenters. The van der Waals surface area contributed by atoms with Crippen LogP contribution < -0.4 is 0 Å². The molecule has 0 N–H and O–H groups in total. The van der Waals surface area contributed by atoms with Crippen molar-refractivity contribution in [2.45, 2.75) is 0 Å². The zero-order valence-electron chi connectivity index (χ0n) is 12.4. The van der Waals surface area contributed by atoms with Crippen LogP contribution in [0.2, 0.25) is 0 Å². The summed E-state index contributed by atoms with van der Waals surface area (Å²) in [5.41, 5.74) is 2.38. The molecule has 0 aliphatic rings. The molecule has 0 aromatic heterocycles. The van der Waals surface area contributed by atoms with Gasteiger partial charge in [-0.1, -0.05) is 42.2 Å². The second kappa shape index (κ2) is 6.85. The first-order valence-electron chi connectivity index (χ1n) is 6.58. The van der Waals surface area contributed by atoms with Gasteiger partial charge in [-0.2, -0.15) is 0 Å². The van der Waals surface area contributed by atoms with Crippen molar-refractivity contribution in [1.82, 2.24) is 4.31 Å². The standard InChI is InChI=1S/C18H15NO2S/c1-19(22(2,20)21)15-14-18-11-7-6-10-17(18)13-12-16-8-4-3-5-9-16/h3-11H,1-2H3. The Morgan fingerprint density at radius 1 is 0.818 bits per heavy atom. The van der Waals surface area contributed by atoms with E-state index in [1.165, 1.54) is 7.05 Å². The van der Waals surface area contributed by atoms with E-state index in [0.29, 0.717) is 5.56 Å². The molecule has 22 heavy (non-hydrogen) atoms. The molecule has 0 aliphatic heterocycles. The minimum absolute atomic E-state index is 0.696. The van der Waals surface area contributed by atoms with Gasteiger partial charge in [0.2, 0.25) is 10.0 Å². The molecule has 2 aromatic carbocycles. The summed E-state index contributed by atoms with van der Waals surface area (Å²) in [4.78, 5) is 0. The molecular formula is C18H15NO2S. The van der Waals surface area contributed by atoms with Gasteiger partial charge in [-0.05, 0) is 30.2 Å². The lowest BCUT2D eigenvalue weighted by atomic mass is 10.1. The molecule has 0 heterocycles. The second-order valence-corrected chi connectivity index (χ2v) is 6.64. The zero-order chi connectivity index (χ0) is 16.0. The number of rotatable bonds is 1. The maximum Gasteiger partial charge on any atom is 0.238 e. The predicted octanol–water partition coefficient (Wildman–Crippen LogP) is 2.29. The van der Waals surface area contributed by atoms with Gasteiger partial charge in [-0.15, -0.1) is 0 Å². The van der Waals surface area contributed by atoms with Crippen molar-refractivity contribution in [1.29, 1.82) is 0 Å². The first-order chi connectivity index (χ1) is 10.5. The highest BCUT2D eigenvalue weighted by Crippen LogP contribution is 2.06. The average molecular weight is 309 g/mol. The summed E-state index contributed by atoms with van der Waals surface area (Å²) in [6, 6.07) is 19.7. The van der Waals surface area contributed by atoms with E-state index < -0.39 is 10.0 Å². The van der Waals surface area contributed by atoms with Crippen LogP contribution in [-0.2, 0) is 10.0 Å². The number of benzene rings is 2. The minimum Gasteiger partial charge on any atom is -0.232 e. The molecule has 0 saturated carbocycles. The maximum atomic E-state index is 11.3. The Kier molecular flexibility index (Phi) is 4.88. The molecule has 0 fully saturated rings. The molecule has 3 nitrogen and oxygen atoms in total. The molecule has 4 heteroatoms. The highest BCUT2D eigenvalue weighted by molar-refractivity contribution is 7.88. The lowest BCUT2D eigenvalue weighted by Gasteiger charge is -2.06. The van der Waals surface area contributed by atoms with Crippen molar-refractivity contribution in [2.24, 2.45) is 0 Å². The van der Waals surface area contributed by atoms with Crippen molar-refractivity contribution in [3.05, 3.63) is 71.3 Å². The summed E-state index contributed by atoms with van der Waals surface area (Å²) in [5.74, 6) is 8.99. The molecule has 110 valence electrons. The van der Waals surface area contributed by atoms with E-state index in [9.17, 15) is 8.42 Å². The van der Waals surface area contributed by atoms with Crippen LogP contribution in [0.5, 0.6) is 0 Å². The Labute approximate surface area is 131 Å². The molecule has 0 unspecified atom stereocenters. The molecule has 2 rings (SSSR count). The van der Waals surface area contributed by atoms with Gasteiger partial charge in [-0.3, -0.25) is 0 Å². The summed E-state index contributed by atoms with van der Waals surface area (Å²) >= 11 is 0. The fourth-order valence-corrected chi connectivity index (χ4v) is 1.80. The molecule has 0 spiro atoms. The number of hydrogen-bond donors (Lipinski definition) is 0. The smallest absolute Gasteiger partial charge is 0.232 e. The van der Waals surface area contributed by atoms with Crippen LogP contribution in [0, 0.1) is 23.8 Å². The highest BCUT2D eigenvalue weighted by Gasteiger charge is 2.05. The number of nitrogens with zero attached hydrogens (tertiary/aromatic N) is 1. The van der Waals surface area contributed by atoms with Gasteiger partial charge in [0, 0.05) is 29.8 Å². The van der Waals surface area contributed by atoms with Gasteiger partial charge in [0.1, 0.15) is 0 Å². The maximum absolute atomic E-state index is 11.3. The van der Waals surface area contributed by atoms with E-state index in [-0.39, 0.29) is 0 Å². The fourth-order valence-electron chi connectivity index (χ4n) is 1.58. The van der Waals surface area contributed by atoms with E-state index in [0.717, 1.165) is 21.7 Å². The van der Waals surface area contributed by atoms with Crippen molar-refractivity contribution in [2.75, 3.05) is 13.3 Å². The quantitative estimate of drug-likeness (QED) is 0.599. The Hall–Kier alpha value is -2.69. The fraction of sp³-hybridized carbons (Fsp3) is 0.111. The van der Waals surface area contributed by atoms with Crippen LogP contribution in [0.4, 0.5) is 0 Å². The molecule has 0 bridgehead atoms. The van der Waals surface area contributed by atoms with Gasteiger partial charge in [0.25, 0.3) is 0 Å². The highest BCUT2D eigenvalue weighted by atomic mass is 32.2. The molecule has 0 amide bonds. The Balaban J connectivity index is 2.33. The predicted molar refractivity (Wildman–Crippen MR) is 88.3 cm³/mol. The molecule has 0 radical (unpaired) electrons. The van der Waals surface area contributed by atoms with Crippen LogP contribution in [0.1, 0.15) is 16.7 Å². The topological polar surface area (TPSA) is 37.4 Å². The van der Waals surface area contributed by atoms with Crippen molar-refractivity contribution >= 4 is 10.0 Å². The third-order valence-electron chi connectivity index (χ3n) is 2.89. The Morgan fingerprint density at radius 2 is 1.36 bits per heavy atom. The van der Waals surface area contributed by atoms with Gasteiger partial charge in [-0.25, -0.2) is 12.7 Å². The molecule has 2 aromatic rings. The van der Waals surface area contributed by atoms with Crippen molar-refractivity contribution in [3.63, 3.8) is 0 Å². The van der Waals surface area contributed by atoms with Crippen LogP contribution in [-0.4, -0.2) is 26.0 Å². The van der Waals surface area contributed by atoms with Crippen LogP contribution in [0.25, 0.3) is 0 Å². The van der Waals surface area contributed by atoms with Gasteiger partial charge >= 0.3 is 0 Å². The normalized spacial score (nSPS) is 9.91. The Morgan fingerprint density at radius 3 is 1.95 bits per heavy atom. The monoisotopic (exact) mass is 309 g/mol. The summed E-state index contributed by atoms with van der Waals surface area (Å²) in [6.45, 7) is 0. The summed E-state index contributed by atoms with van der Waals surface area (Å²) in [6.07, 6.45) is 1.11. The summed E-state index contributed by atoms with van der Waals surface area (Å²) in [7, 11) is -1.90. The number of sulfonamides is 1. The van der Waals surface area contributed by atoms with Crippen LogP contribution >= 0.6 is 0 Å². The third kappa shape index (κ3) is 4.41. The van der Waals surface area contributed by atoms with E-state index in [2.05, 4.69) is 23.8 Å². The summed E-state index contributed by atoms with van der Waals surface area (Å²) in [5, 5.41) is 0. The van der Waals surface area contributed by atoms with Gasteiger partial charge in [0.05, 0.1) is 6.26 Å². The van der Waals surface area contributed by atoms with Gasteiger partial charge < -0.3 is 0 Å². The van der Waals surface area contributed by atoms with Crippen LogP contribution in [0.15, 0.2) is 54.6 Å². The first-order valence-corrected chi connectivity index (χ1v) is 8.43. The lowest BCUT2D eigenvalue weighted by Crippen LogP contribution is -2.19. The lowest BCUT2D eigenvalue weighted by molar-refractivity contribution is 0.554. The molecule has 0 saturated heterocycles. The van der Waals surface area contributed by atoms with E-state index >= 15 is 0 Å². The van der Waals surface area contributed by atoms with E-state index in [1.54, 1.807) is 0 Å². The van der Waals surface area contributed by atoms with E-state index in [1.807, 2.05) is 54.6 Å². The van der Waals surface area contributed by atoms with Gasteiger partial charge in [0.15, 0.2) is 0 Å². The minimum atomic E-state index is -3.32.